The zero-order chi connectivity index (χ0) is 31.5. The Bertz CT molecular complexity index is 1810. The van der Waals surface area contributed by atoms with E-state index >= 15 is 0 Å². The van der Waals surface area contributed by atoms with Crippen molar-refractivity contribution in [3.05, 3.63) is 130 Å². The molecule has 0 N–H and O–H groups in total. The molecular weight excluding hydrogens is 748 g/mol. The number of benzene rings is 2. The van der Waals surface area contributed by atoms with Gasteiger partial charge in [-0.3, -0.25) is 9.67 Å². The van der Waals surface area contributed by atoms with E-state index in [-0.39, 0.29) is 32.5 Å². The summed E-state index contributed by atoms with van der Waals surface area (Å²) in [5.74, 6) is -1.48. The summed E-state index contributed by atoms with van der Waals surface area (Å²) < 4.78 is 30.0. The van der Waals surface area contributed by atoms with Gasteiger partial charge >= 0.3 is 21.1 Å². The zero-order valence-electron chi connectivity index (χ0n) is 26.2. The summed E-state index contributed by atoms with van der Waals surface area (Å²) in [4.78, 5) is 8.18. The Hall–Kier alpha value is -4.01. The summed E-state index contributed by atoms with van der Waals surface area (Å²) in [6.07, 6.45) is 2.78. The molecule has 45 heavy (non-hydrogen) atoms. The van der Waals surface area contributed by atoms with E-state index in [0.29, 0.717) is 34.5 Å². The molecule has 0 aliphatic carbocycles. The van der Waals surface area contributed by atoms with Crippen LogP contribution >= 0.6 is 0 Å². The smallest absolute Gasteiger partial charge is 0.300 e. The van der Waals surface area contributed by atoms with Crippen LogP contribution < -0.4 is 0 Å². The van der Waals surface area contributed by atoms with Gasteiger partial charge < -0.3 is 4.98 Å². The molecule has 0 radical (unpaired) electrons. The van der Waals surface area contributed by atoms with Crippen molar-refractivity contribution in [2.24, 2.45) is 0 Å². The molecule has 0 aliphatic rings. The van der Waals surface area contributed by atoms with E-state index in [9.17, 15) is 14.0 Å². The Morgan fingerprint density at radius 3 is 2.18 bits per heavy atom. The summed E-state index contributed by atoms with van der Waals surface area (Å²) in [5, 5.41) is 14.8. The van der Waals surface area contributed by atoms with Crippen LogP contribution in [0.25, 0.3) is 16.9 Å². The summed E-state index contributed by atoms with van der Waals surface area (Å²) in [5.41, 5.74) is 7.30. The van der Waals surface area contributed by atoms with Crippen molar-refractivity contribution in [3.8, 4) is 23.0 Å². The molecule has 232 valence electrons. The molecule has 8 heteroatoms. The van der Waals surface area contributed by atoms with Crippen LogP contribution in [0.4, 0.5) is 8.78 Å². The molecule has 3 aromatic heterocycles. The van der Waals surface area contributed by atoms with Gasteiger partial charge in [0, 0.05) is 11.9 Å². The third kappa shape index (κ3) is 7.29. The van der Waals surface area contributed by atoms with Crippen LogP contribution in [0, 0.1) is 35.4 Å². The summed E-state index contributed by atoms with van der Waals surface area (Å²) in [6.45, 7) is 12.9. The quantitative estimate of drug-likeness (QED) is 0.111. The first-order chi connectivity index (χ1) is 21.1. The first-order valence-corrected chi connectivity index (χ1v) is 15.0. The number of hydrogen-bond acceptors (Lipinski definition) is 4. The average molecular weight is 783 g/mol. The van der Waals surface area contributed by atoms with Crippen LogP contribution in [0.3, 0.4) is 0 Å². The van der Waals surface area contributed by atoms with Gasteiger partial charge in [0.15, 0.2) is 0 Å². The van der Waals surface area contributed by atoms with Crippen molar-refractivity contribution >= 4 is 0 Å². The topological polar surface area (TPSA) is 67.4 Å². The fourth-order valence-electron chi connectivity index (χ4n) is 5.31. The molecule has 5 nitrogen and oxygen atoms in total. The molecule has 0 spiro atoms. The zero-order valence-corrected chi connectivity index (χ0v) is 28.4. The van der Waals surface area contributed by atoms with E-state index in [4.69, 9.17) is 10.1 Å². The molecular formula is C37H35F2N5Pt. The van der Waals surface area contributed by atoms with E-state index < -0.39 is 17.8 Å². The standard InChI is InChI=1S/C37H35F2N5.Pt/c1-7-24(6)30-12-11-29(20-28(30)21-40)44-16-15-34(43-44)36(27-18-25(22(2)3)17-26(19-27)23(4)5)33-10-8-9-32(41-33)31-13-14-35(38)42-37(31)39;/h8-10,12,14-20,22-24,36H,7H2,1-6H3;/q-2;+2. The predicted octanol–water partition coefficient (Wildman–Crippen LogP) is 9.02. The van der Waals surface area contributed by atoms with Crippen LogP contribution in [0.2, 0.25) is 0 Å². The number of pyridine rings is 2. The van der Waals surface area contributed by atoms with Crippen LogP contribution in [0.1, 0.15) is 111 Å². The van der Waals surface area contributed by atoms with Gasteiger partial charge in [0.2, 0.25) is 0 Å². The fraction of sp³-hybridized carbons (Fsp3) is 0.297. The second kappa shape index (κ2) is 14.4. The Balaban J connectivity index is 0.00000461. The van der Waals surface area contributed by atoms with E-state index in [1.54, 1.807) is 16.8 Å². The van der Waals surface area contributed by atoms with Gasteiger partial charge in [-0.15, -0.1) is 17.7 Å². The minimum Gasteiger partial charge on any atom is -0.300 e. The average Bonchev–Trinajstić information content (AvgIpc) is 3.50. The minimum absolute atomic E-state index is 0. The number of rotatable bonds is 9. The first kappa shape index (κ1) is 33.9. The Labute approximate surface area is 278 Å². The van der Waals surface area contributed by atoms with Gasteiger partial charge in [-0.1, -0.05) is 101 Å². The minimum atomic E-state index is -0.968. The molecule has 0 fully saturated rings. The van der Waals surface area contributed by atoms with Gasteiger partial charge in [-0.25, -0.2) is 8.78 Å². The second-order valence-electron chi connectivity index (χ2n) is 11.8. The number of halogens is 2. The number of hydrogen-bond donors (Lipinski definition) is 0. The molecule has 2 atom stereocenters. The van der Waals surface area contributed by atoms with Gasteiger partial charge in [0.1, 0.15) is 11.9 Å². The fourth-order valence-corrected chi connectivity index (χ4v) is 5.31. The normalized spacial score (nSPS) is 12.6. The van der Waals surface area contributed by atoms with Crippen molar-refractivity contribution in [1.82, 2.24) is 19.7 Å². The second-order valence-corrected chi connectivity index (χ2v) is 11.8. The molecule has 2 unspecified atom stereocenters. The van der Waals surface area contributed by atoms with Gasteiger partial charge in [-0.05, 0) is 52.0 Å². The molecule has 2 aromatic carbocycles. The summed E-state index contributed by atoms with van der Waals surface area (Å²) in [7, 11) is 0. The van der Waals surface area contributed by atoms with Crippen LogP contribution in [-0.2, 0) is 21.1 Å². The Kier molecular flexibility index (Phi) is 10.8. The van der Waals surface area contributed by atoms with E-state index in [0.717, 1.165) is 29.3 Å². The number of nitriles is 1. The first-order valence-electron chi connectivity index (χ1n) is 15.0. The monoisotopic (exact) mass is 782 g/mol. The van der Waals surface area contributed by atoms with Crippen molar-refractivity contribution in [1.29, 1.82) is 5.26 Å². The molecule has 0 bridgehead atoms. The Morgan fingerprint density at radius 2 is 1.56 bits per heavy atom. The largest absolute Gasteiger partial charge is 2.00 e. The third-order valence-electron chi connectivity index (χ3n) is 8.12. The molecule has 0 amide bonds. The molecule has 0 saturated heterocycles. The van der Waals surface area contributed by atoms with E-state index in [2.05, 4.69) is 82.9 Å². The number of nitrogens with zero attached hydrogens (tertiary/aromatic N) is 5. The molecule has 5 rings (SSSR count). The Morgan fingerprint density at radius 1 is 0.867 bits per heavy atom. The van der Waals surface area contributed by atoms with E-state index in [1.807, 2.05) is 30.5 Å². The van der Waals surface area contributed by atoms with Crippen LogP contribution in [0.15, 0.2) is 66.9 Å². The van der Waals surface area contributed by atoms with Gasteiger partial charge in [0.05, 0.1) is 17.7 Å². The predicted molar refractivity (Wildman–Crippen MR) is 168 cm³/mol. The van der Waals surface area contributed by atoms with Crippen LogP contribution in [0.5, 0.6) is 0 Å². The maximum absolute atomic E-state index is 14.7. The van der Waals surface area contributed by atoms with Crippen molar-refractivity contribution in [2.45, 2.75) is 71.6 Å². The van der Waals surface area contributed by atoms with Crippen molar-refractivity contribution in [2.75, 3.05) is 0 Å². The molecule has 5 aromatic rings. The summed E-state index contributed by atoms with van der Waals surface area (Å²) in [6, 6.07) is 26.9. The number of aromatic nitrogens is 4. The van der Waals surface area contributed by atoms with Crippen molar-refractivity contribution in [3.63, 3.8) is 0 Å². The third-order valence-corrected chi connectivity index (χ3v) is 8.12. The molecule has 0 aliphatic heterocycles. The van der Waals surface area contributed by atoms with Crippen LogP contribution in [-0.4, -0.2) is 19.7 Å². The SMILES string of the molecule is CCC(C)c1c[c-]c(-n2ccc(C(c3cc(C(C)C)cc(C(C)C)c3)c3cccc(-c4[c-]cc(F)nc4F)n3)n2)cc1C#N.[Pt+2]. The van der Waals surface area contributed by atoms with Gasteiger partial charge in [-0.2, -0.15) is 22.5 Å². The van der Waals surface area contributed by atoms with Gasteiger partial charge in [0.25, 0.3) is 0 Å². The molecule has 3 heterocycles. The maximum atomic E-state index is 14.7. The van der Waals surface area contributed by atoms with Crippen molar-refractivity contribution < 1.29 is 29.8 Å². The maximum Gasteiger partial charge on any atom is 2.00 e. The molecule has 0 saturated carbocycles. The van der Waals surface area contributed by atoms with E-state index in [1.165, 1.54) is 11.1 Å². The summed E-state index contributed by atoms with van der Waals surface area (Å²) >= 11 is 0.